The zero-order valence-electron chi connectivity index (χ0n) is 25.2. The van der Waals surface area contributed by atoms with Crippen LogP contribution in [0, 0.1) is 0 Å². The molecule has 12 nitrogen and oxygen atoms in total. The van der Waals surface area contributed by atoms with Crippen molar-refractivity contribution in [3.8, 4) is 23.0 Å². The normalized spacial score (nSPS) is 11.2. The number of benzene rings is 3. The molecule has 2 amide bonds. The number of anilines is 2. The lowest BCUT2D eigenvalue weighted by atomic mass is 10.1. The van der Waals surface area contributed by atoms with Crippen molar-refractivity contribution >= 4 is 47.1 Å². The van der Waals surface area contributed by atoms with Gasteiger partial charge in [0.15, 0.2) is 28.8 Å². The highest BCUT2D eigenvalue weighted by Crippen LogP contribution is 2.29. The third-order valence-electron chi connectivity index (χ3n) is 6.08. The van der Waals surface area contributed by atoms with Gasteiger partial charge in [0.1, 0.15) is 0 Å². The molecule has 0 aliphatic heterocycles. The summed E-state index contributed by atoms with van der Waals surface area (Å²) in [7, 11) is 7.06. The van der Waals surface area contributed by atoms with Gasteiger partial charge in [-0.1, -0.05) is 12.1 Å². The van der Waals surface area contributed by atoms with Crippen LogP contribution in [0.25, 0.3) is 12.2 Å². The lowest BCUT2D eigenvalue weighted by Crippen LogP contribution is -2.12. The Labute approximate surface area is 259 Å². The quantitative estimate of drug-likeness (QED) is 0.105. The van der Waals surface area contributed by atoms with E-state index in [0.717, 1.165) is 7.11 Å². The van der Waals surface area contributed by atoms with Crippen LogP contribution >= 0.6 is 0 Å². The van der Waals surface area contributed by atoms with E-state index in [1.54, 1.807) is 48.6 Å². The van der Waals surface area contributed by atoms with E-state index >= 15 is 0 Å². The molecule has 45 heavy (non-hydrogen) atoms. The maximum atomic E-state index is 12.9. The third-order valence-corrected chi connectivity index (χ3v) is 6.08. The van der Waals surface area contributed by atoms with Gasteiger partial charge in [-0.25, -0.2) is 4.79 Å². The van der Waals surface area contributed by atoms with E-state index in [1.165, 1.54) is 58.8 Å². The van der Waals surface area contributed by atoms with Gasteiger partial charge < -0.3 is 39.4 Å². The molecular weight excluding hydrogens is 584 g/mol. The Morgan fingerprint density at radius 2 is 1.07 bits per heavy atom. The summed E-state index contributed by atoms with van der Waals surface area (Å²) < 4.78 is 25.4. The maximum absolute atomic E-state index is 12.9. The molecule has 0 saturated heterocycles. The molecule has 0 unspecified atom stereocenters. The number of hydrogen-bond donors (Lipinski definition) is 3. The first-order chi connectivity index (χ1) is 21.6. The molecule has 3 N–H and O–H groups in total. The van der Waals surface area contributed by atoms with Crippen LogP contribution < -0.4 is 29.6 Å². The van der Waals surface area contributed by atoms with E-state index in [9.17, 15) is 24.3 Å². The highest BCUT2D eigenvalue weighted by atomic mass is 16.5. The maximum Gasteiger partial charge on any atom is 0.373 e. The van der Waals surface area contributed by atoms with Gasteiger partial charge >= 0.3 is 5.97 Å². The van der Waals surface area contributed by atoms with Crippen molar-refractivity contribution in [1.29, 1.82) is 0 Å². The number of ether oxygens (including phenoxy) is 5. The molecule has 3 aromatic rings. The Morgan fingerprint density at radius 3 is 1.47 bits per heavy atom. The first-order valence-electron chi connectivity index (χ1n) is 13.2. The minimum Gasteiger partial charge on any atom is -0.502 e. The minimum atomic E-state index is -1.11. The molecule has 0 spiro atoms. The SMILES string of the molecule is COC(=O)/C(O)=C/C(=O)c1cc(NC(=O)/C=C/c2ccc(OC)c(OC)c2)cc(NC(=O)/C=C/c2ccc(OC)c(OC)c2)c1. The number of nitrogens with one attached hydrogen (secondary N) is 2. The molecule has 0 aliphatic rings. The Hall–Kier alpha value is -6.04. The van der Waals surface area contributed by atoms with Gasteiger partial charge in [-0.05, 0) is 65.7 Å². The summed E-state index contributed by atoms with van der Waals surface area (Å²) >= 11 is 0. The Balaban J connectivity index is 1.86. The van der Waals surface area contributed by atoms with Gasteiger partial charge in [-0.2, -0.15) is 0 Å². The van der Waals surface area contributed by atoms with E-state index in [4.69, 9.17) is 18.9 Å². The molecule has 0 saturated carbocycles. The highest BCUT2D eigenvalue weighted by Gasteiger charge is 2.14. The molecule has 0 radical (unpaired) electrons. The number of methoxy groups -OCH3 is 5. The molecule has 0 aliphatic carbocycles. The van der Waals surface area contributed by atoms with Gasteiger partial charge in [0.25, 0.3) is 0 Å². The number of carbonyl (C=O) groups excluding carboxylic acids is 4. The first kappa shape index (κ1) is 33.5. The summed E-state index contributed by atoms with van der Waals surface area (Å²) in [5, 5.41) is 15.1. The number of aliphatic hydroxyl groups excluding tert-OH is 1. The molecule has 0 aromatic heterocycles. The smallest absolute Gasteiger partial charge is 0.373 e. The number of rotatable bonds is 13. The number of ketones is 1. The average molecular weight is 617 g/mol. The van der Waals surface area contributed by atoms with E-state index in [0.29, 0.717) is 40.2 Å². The van der Waals surface area contributed by atoms with E-state index in [2.05, 4.69) is 15.4 Å². The number of allylic oxidation sites excluding steroid dienone is 1. The van der Waals surface area contributed by atoms with Crippen molar-refractivity contribution in [3.63, 3.8) is 0 Å². The number of amides is 2. The molecule has 0 atom stereocenters. The molecule has 0 bridgehead atoms. The van der Waals surface area contributed by atoms with E-state index in [-0.39, 0.29) is 16.9 Å². The minimum absolute atomic E-state index is 0.0497. The van der Waals surface area contributed by atoms with Gasteiger partial charge in [-0.15, -0.1) is 0 Å². The number of aliphatic hydroxyl groups is 1. The van der Waals surface area contributed by atoms with Crippen LogP contribution in [0.4, 0.5) is 11.4 Å². The molecule has 3 aromatic carbocycles. The standard InChI is InChI=1S/C33H32N2O10/c1-41-27-10-6-20(14-29(27)43-3)8-12-31(38)34-23-16-22(25(36)19-26(37)33(40)45-5)17-24(18-23)35-32(39)13-9-21-7-11-28(42-2)30(15-21)44-4/h6-19,37H,1-5H3,(H,34,38)(H,35,39)/b12-8+,13-9+,26-19-. The molecule has 0 fully saturated rings. The van der Waals surface area contributed by atoms with Gasteiger partial charge in [-0.3, -0.25) is 14.4 Å². The number of esters is 1. The summed E-state index contributed by atoms with van der Waals surface area (Å²) in [6, 6.07) is 14.3. The van der Waals surface area contributed by atoms with Crippen LogP contribution in [0.3, 0.4) is 0 Å². The first-order valence-corrected chi connectivity index (χ1v) is 13.2. The zero-order chi connectivity index (χ0) is 32.9. The number of carbonyl (C=O) groups is 4. The van der Waals surface area contributed by atoms with Crippen molar-refractivity contribution in [1.82, 2.24) is 0 Å². The van der Waals surface area contributed by atoms with Crippen LogP contribution in [0.15, 0.2) is 78.6 Å². The summed E-state index contributed by atoms with van der Waals surface area (Å²) in [4.78, 5) is 50.0. The second kappa shape index (κ2) is 16.0. The molecule has 0 heterocycles. The Morgan fingerprint density at radius 1 is 0.622 bits per heavy atom. The lowest BCUT2D eigenvalue weighted by molar-refractivity contribution is -0.139. The lowest BCUT2D eigenvalue weighted by Gasteiger charge is -2.10. The van der Waals surface area contributed by atoms with Crippen molar-refractivity contribution in [2.75, 3.05) is 46.2 Å². The van der Waals surface area contributed by atoms with Crippen molar-refractivity contribution in [2.24, 2.45) is 0 Å². The van der Waals surface area contributed by atoms with Crippen LogP contribution in [-0.4, -0.2) is 64.2 Å². The van der Waals surface area contributed by atoms with Gasteiger partial charge in [0.05, 0.1) is 35.5 Å². The van der Waals surface area contributed by atoms with Gasteiger partial charge in [0, 0.05) is 35.2 Å². The Kier molecular flexibility index (Phi) is 11.9. The second-order valence-corrected chi connectivity index (χ2v) is 9.06. The summed E-state index contributed by atoms with van der Waals surface area (Å²) in [5.41, 5.74) is 1.56. The van der Waals surface area contributed by atoms with Crippen LogP contribution in [-0.2, 0) is 19.1 Å². The second-order valence-electron chi connectivity index (χ2n) is 9.06. The fraction of sp³-hybridized carbons (Fsp3) is 0.152. The predicted octanol–water partition coefficient (Wildman–Crippen LogP) is 4.82. The average Bonchev–Trinajstić information content (AvgIpc) is 3.05. The molecular formula is C33H32N2O10. The summed E-state index contributed by atoms with van der Waals surface area (Å²) in [6.45, 7) is 0. The van der Waals surface area contributed by atoms with Gasteiger partial charge in [0.2, 0.25) is 17.6 Å². The van der Waals surface area contributed by atoms with Crippen LogP contribution in [0.5, 0.6) is 23.0 Å². The molecule has 12 heteroatoms. The topological polar surface area (TPSA) is 159 Å². The Bertz CT molecular complexity index is 1580. The zero-order valence-corrected chi connectivity index (χ0v) is 25.2. The van der Waals surface area contributed by atoms with Crippen molar-refractivity contribution in [3.05, 3.63) is 95.3 Å². The van der Waals surface area contributed by atoms with Crippen molar-refractivity contribution in [2.45, 2.75) is 0 Å². The van der Waals surface area contributed by atoms with E-state index < -0.39 is 29.3 Å². The highest BCUT2D eigenvalue weighted by molar-refractivity contribution is 6.11. The van der Waals surface area contributed by atoms with Crippen LogP contribution in [0.1, 0.15) is 21.5 Å². The molecule has 3 rings (SSSR count). The van der Waals surface area contributed by atoms with Crippen LogP contribution in [0.2, 0.25) is 0 Å². The summed E-state index contributed by atoms with van der Waals surface area (Å²) in [6.07, 6.45) is 6.30. The largest absolute Gasteiger partial charge is 0.502 e. The fourth-order valence-electron chi connectivity index (χ4n) is 3.91. The third kappa shape index (κ3) is 9.48. The fourth-order valence-corrected chi connectivity index (χ4v) is 3.91. The molecule has 234 valence electrons. The monoisotopic (exact) mass is 616 g/mol. The summed E-state index contributed by atoms with van der Waals surface area (Å²) in [5.74, 6) is -1.89. The van der Waals surface area contributed by atoms with Crippen molar-refractivity contribution < 1.29 is 48.0 Å². The van der Waals surface area contributed by atoms with E-state index in [1.807, 2.05) is 0 Å². The number of hydrogen-bond acceptors (Lipinski definition) is 10. The predicted molar refractivity (Wildman–Crippen MR) is 168 cm³/mol.